The van der Waals surface area contributed by atoms with Crippen molar-refractivity contribution in [3.63, 3.8) is 0 Å². The van der Waals surface area contributed by atoms with Crippen LogP contribution in [0.25, 0.3) is 10.9 Å². The van der Waals surface area contributed by atoms with Crippen molar-refractivity contribution >= 4 is 34.5 Å². The maximum Gasteiger partial charge on any atom is 0.417 e. The number of carbonyl (C=O) groups is 2. The number of likely N-dealkylation sites (tertiary alicyclic amines) is 1. The van der Waals surface area contributed by atoms with Crippen LogP contribution in [-0.4, -0.2) is 38.6 Å². The maximum atomic E-state index is 14.1. The zero-order chi connectivity index (χ0) is 27.1. The number of fused-ring (bicyclic) bond motifs is 1. The van der Waals surface area contributed by atoms with E-state index < -0.39 is 17.1 Å². The molecular formula is C31H32ClN3O3. The molecule has 1 fully saturated rings. The summed E-state index contributed by atoms with van der Waals surface area (Å²) < 4.78 is 7.79. The molecule has 7 heteroatoms. The Morgan fingerprint density at radius 1 is 1.05 bits per heavy atom. The van der Waals surface area contributed by atoms with Crippen molar-refractivity contribution in [2.75, 3.05) is 6.54 Å². The van der Waals surface area contributed by atoms with Crippen LogP contribution in [0.1, 0.15) is 49.4 Å². The number of imide groups is 1. The third-order valence-corrected chi connectivity index (χ3v) is 7.44. The third-order valence-electron chi connectivity index (χ3n) is 7.19. The molecule has 196 valence electrons. The lowest BCUT2D eigenvalue weighted by atomic mass is 9.74. The van der Waals surface area contributed by atoms with Gasteiger partial charge in [0, 0.05) is 47.6 Å². The lowest BCUT2D eigenvalue weighted by molar-refractivity contribution is -0.131. The smallest absolute Gasteiger partial charge is 0.417 e. The number of aryl methyl sites for hydroxylation is 1. The van der Waals surface area contributed by atoms with E-state index in [0.29, 0.717) is 31.0 Å². The van der Waals surface area contributed by atoms with Crippen LogP contribution in [0.3, 0.4) is 0 Å². The van der Waals surface area contributed by atoms with Crippen LogP contribution in [-0.2, 0) is 27.9 Å². The second kappa shape index (κ2) is 9.91. The molecule has 38 heavy (non-hydrogen) atoms. The first-order valence-corrected chi connectivity index (χ1v) is 13.2. The SMILES string of the molecule is Cc1cn(Cc2ccc(Cl)cc2)c2cc(C3(Cc4ccncc4)CCN(C(=O)OC(C)(C)C)C3=O)ccc12. The monoisotopic (exact) mass is 529 g/mol. The zero-order valence-corrected chi connectivity index (χ0v) is 23.0. The summed E-state index contributed by atoms with van der Waals surface area (Å²) in [6.07, 6.45) is 5.99. The van der Waals surface area contributed by atoms with Gasteiger partial charge in [-0.05, 0) is 93.1 Å². The zero-order valence-electron chi connectivity index (χ0n) is 22.2. The largest absolute Gasteiger partial charge is 0.443 e. The molecule has 5 rings (SSSR count). The lowest BCUT2D eigenvalue weighted by Crippen LogP contribution is -2.44. The van der Waals surface area contributed by atoms with E-state index in [1.807, 2.05) is 42.5 Å². The number of hydrogen-bond donors (Lipinski definition) is 0. The van der Waals surface area contributed by atoms with E-state index in [0.717, 1.165) is 33.2 Å². The van der Waals surface area contributed by atoms with Gasteiger partial charge >= 0.3 is 6.09 Å². The number of halogens is 1. The molecular weight excluding hydrogens is 498 g/mol. The Morgan fingerprint density at radius 2 is 1.76 bits per heavy atom. The first kappa shape index (κ1) is 26.0. The Morgan fingerprint density at radius 3 is 2.45 bits per heavy atom. The van der Waals surface area contributed by atoms with Gasteiger partial charge in [0.1, 0.15) is 5.60 Å². The fourth-order valence-corrected chi connectivity index (χ4v) is 5.46. The predicted molar refractivity (Wildman–Crippen MR) is 149 cm³/mol. The van der Waals surface area contributed by atoms with Crippen molar-refractivity contribution in [2.45, 2.75) is 58.1 Å². The molecule has 0 N–H and O–H groups in total. The lowest BCUT2D eigenvalue weighted by Gasteiger charge is -2.29. The quantitative estimate of drug-likeness (QED) is 0.289. The molecule has 1 saturated heterocycles. The van der Waals surface area contributed by atoms with Crippen LogP contribution in [0.2, 0.25) is 5.02 Å². The number of nitrogens with zero attached hydrogens (tertiary/aromatic N) is 3. The third kappa shape index (κ3) is 5.05. The van der Waals surface area contributed by atoms with Crippen molar-refractivity contribution in [1.82, 2.24) is 14.5 Å². The van der Waals surface area contributed by atoms with E-state index >= 15 is 0 Å². The molecule has 0 spiro atoms. The summed E-state index contributed by atoms with van der Waals surface area (Å²) in [6.45, 7) is 8.50. The highest BCUT2D eigenvalue weighted by atomic mass is 35.5. The van der Waals surface area contributed by atoms with Crippen LogP contribution >= 0.6 is 11.6 Å². The number of ether oxygens (including phenoxy) is 1. The van der Waals surface area contributed by atoms with Crippen molar-refractivity contribution in [1.29, 1.82) is 0 Å². The number of amides is 2. The average molecular weight is 530 g/mol. The van der Waals surface area contributed by atoms with Crippen molar-refractivity contribution in [2.24, 2.45) is 0 Å². The fourth-order valence-electron chi connectivity index (χ4n) is 5.33. The number of aromatic nitrogens is 2. The molecule has 0 aliphatic carbocycles. The van der Waals surface area contributed by atoms with E-state index in [4.69, 9.17) is 16.3 Å². The Balaban J connectivity index is 1.58. The molecule has 2 aromatic carbocycles. The predicted octanol–water partition coefficient (Wildman–Crippen LogP) is 6.69. The van der Waals surface area contributed by atoms with Gasteiger partial charge in [-0.15, -0.1) is 0 Å². The van der Waals surface area contributed by atoms with Crippen LogP contribution in [0.4, 0.5) is 4.79 Å². The topological polar surface area (TPSA) is 64.4 Å². The standard InChI is InChI=1S/C31H32ClN3O3/c1-21-19-34(20-23-5-8-25(32)9-6-23)27-17-24(7-10-26(21)27)31(18-22-11-14-33-15-12-22)13-16-35(28(31)36)29(37)38-30(2,3)4/h5-12,14-15,17,19H,13,16,18,20H2,1-4H3. The summed E-state index contributed by atoms with van der Waals surface area (Å²) in [5.41, 5.74) is 3.66. The van der Waals surface area contributed by atoms with Gasteiger partial charge in [-0.2, -0.15) is 0 Å². The van der Waals surface area contributed by atoms with Crippen LogP contribution in [0, 0.1) is 6.92 Å². The molecule has 0 bridgehead atoms. The first-order valence-electron chi connectivity index (χ1n) is 12.8. The summed E-state index contributed by atoms with van der Waals surface area (Å²) >= 11 is 6.09. The van der Waals surface area contributed by atoms with Crippen LogP contribution in [0.5, 0.6) is 0 Å². The van der Waals surface area contributed by atoms with Crippen molar-refractivity contribution in [3.05, 3.63) is 100 Å². The van der Waals surface area contributed by atoms with Gasteiger partial charge in [-0.3, -0.25) is 9.78 Å². The van der Waals surface area contributed by atoms with Crippen molar-refractivity contribution < 1.29 is 14.3 Å². The minimum absolute atomic E-state index is 0.226. The number of carbonyl (C=O) groups excluding carboxylic acids is 2. The second-order valence-corrected chi connectivity index (χ2v) is 11.5. The molecule has 6 nitrogen and oxygen atoms in total. The molecule has 1 aliphatic rings. The minimum Gasteiger partial charge on any atom is -0.443 e. The van der Waals surface area contributed by atoms with Crippen LogP contribution in [0.15, 0.2) is 73.2 Å². The van der Waals surface area contributed by atoms with E-state index in [1.54, 1.807) is 33.2 Å². The Bertz CT molecular complexity index is 1490. The average Bonchev–Trinajstić information content (AvgIpc) is 3.37. The Labute approximate surface area is 228 Å². The summed E-state index contributed by atoms with van der Waals surface area (Å²) in [5, 5.41) is 1.84. The highest BCUT2D eigenvalue weighted by molar-refractivity contribution is 6.30. The number of pyridine rings is 1. The van der Waals surface area contributed by atoms with Gasteiger partial charge in [0.05, 0.1) is 5.41 Å². The molecule has 4 aromatic rings. The van der Waals surface area contributed by atoms with E-state index in [2.05, 4.69) is 34.8 Å². The van der Waals surface area contributed by atoms with Gasteiger partial charge in [0.25, 0.3) is 0 Å². The molecule has 1 unspecified atom stereocenters. The number of rotatable bonds is 5. The van der Waals surface area contributed by atoms with Gasteiger partial charge in [-0.25, -0.2) is 9.69 Å². The van der Waals surface area contributed by atoms with Gasteiger partial charge in [0.15, 0.2) is 0 Å². The molecule has 3 heterocycles. The Kier molecular flexibility index (Phi) is 6.78. The van der Waals surface area contributed by atoms with Gasteiger partial charge in [0.2, 0.25) is 5.91 Å². The molecule has 1 atom stereocenters. The highest BCUT2D eigenvalue weighted by Gasteiger charge is 2.51. The highest BCUT2D eigenvalue weighted by Crippen LogP contribution is 2.41. The normalized spacial score (nSPS) is 17.8. The van der Waals surface area contributed by atoms with E-state index in [1.165, 1.54) is 4.90 Å². The maximum absolute atomic E-state index is 14.1. The van der Waals surface area contributed by atoms with Gasteiger partial charge < -0.3 is 9.30 Å². The van der Waals surface area contributed by atoms with Gasteiger partial charge in [-0.1, -0.05) is 35.9 Å². The van der Waals surface area contributed by atoms with E-state index in [9.17, 15) is 9.59 Å². The Hall–Kier alpha value is -3.64. The summed E-state index contributed by atoms with van der Waals surface area (Å²) in [6, 6.07) is 18.0. The van der Waals surface area contributed by atoms with Crippen LogP contribution < -0.4 is 0 Å². The molecule has 1 aliphatic heterocycles. The minimum atomic E-state index is -0.893. The van der Waals surface area contributed by atoms with E-state index in [-0.39, 0.29) is 5.91 Å². The molecule has 2 aromatic heterocycles. The summed E-state index contributed by atoms with van der Waals surface area (Å²) in [7, 11) is 0. The molecule has 0 saturated carbocycles. The first-order chi connectivity index (χ1) is 18.1. The fraction of sp³-hybridized carbons (Fsp3) is 0.323. The second-order valence-electron chi connectivity index (χ2n) is 11.1. The summed E-state index contributed by atoms with van der Waals surface area (Å²) in [5.74, 6) is -0.226. The number of hydrogen-bond acceptors (Lipinski definition) is 4. The summed E-state index contributed by atoms with van der Waals surface area (Å²) in [4.78, 5) is 32.5. The van der Waals surface area contributed by atoms with Crippen molar-refractivity contribution in [3.8, 4) is 0 Å². The number of benzene rings is 2. The molecule has 0 radical (unpaired) electrons. The molecule has 2 amide bonds.